The van der Waals surface area contributed by atoms with Gasteiger partial charge in [-0.25, -0.2) is 9.97 Å². The van der Waals surface area contributed by atoms with Gasteiger partial charge in [-0.2, -0.15) is 0 Å². The van der Waals surface area contributed by atoms with Crippen molar-refractivity contribution in [1.82, 2.24) is 9.97 Å². The molecule has 5 rings (SSSR count). The van der Waals surface area contributed by atoms with E-state index >= 15 is 0 Å². The molecular weight excluding hydrogens is 390 g/mol. The van der Waals surface area contributed by atoms with Crippen LogP contribution in [0.15, 0.2) is 48.5 Å². The molecule has 4 nitrogen and oxygen atoms in total. The van der Waals surface area contributed by atoms with Crippen LogP contribution in [0.25, 0.3) is 21.3 Å². The molecule has 4 aromatic rings. The second-order valence-corrected chi connectivity index (χ2v) is 8.91. The van der Waals surface area contributed by atoms with Crippen molar-refractivity contribution in [3.63, 3.8) is 0 Å². The van der Waals surface area contributed by atoms with Crippen LogP contribution in [0.1, 0.15) is 28.8 Å². The van der Waals surface area contributed by atoms with E-state index in [2.05, 4.69) is 48.2 Å². The van der Waals surface area contributed by atoms with Crippen LogP contribution in [0.3, 0.4) is 0 Å². The topological polar surface area (TPSA) is 38.3 Å². The van der Waals surface area contributed by atoms with Gasteiger partial charge < -0.3 is 9.64 Å². The summed E-state index contributed by atoms with van der Waals surface area (Å²) < 4.78 is 5.63. The molecule has 0 bridgehead atoms. The monoisotopic (exact) mass is 415 g/mol. The first-order valence-electron chi connectivity index (χ1n) is 10.5. The van der Waals surface area contributed by atoms with E-state index in [0.29, 0.717) is 6.61 Å². The van der Waals surface area contributed by atoms with E-state index in [4.69, 9.17) is 14.7 Å². The number of thiophene rings is 1. The fourth-order valence-corrected chi connectivity index (χ4v) is 5.42. The predicted octanol–water partition coefficient (Wildman–Crippen LogP) is 5.94. The highest BCUT2D eigenvalue weighted by Crippen LogP contribution is 2.43. The quantitative estimate of drug-likeness (QED) is 0.414. The molecule has 2 aromatic carbocycles. The van der Waals surface area contributed by atoms with E-state index in [-0.39, 0.29) is 0 Å². The van der Waals surface area contributed by atoms with Gasteiger partial charge in [0.15, 0.2) is 0 Å². The molecule has 3 heterocycles. The molecule has 0 spiro atoms. The SMILES string of the molecule is CCOc1ccc(-c2c(C)sc3nc(C)nc(N4CCc5ccccc5C4)c23)cc1. The number of benzene rings is 2. The Kier molecular flexibility index (Phi) is 4.91. The van der Waals surface area contributed by atoms with Gasteiger partial charge in [0.25, 0.3) is 0 Å². The molecular formula is C25H25N3OS. The number of aromatic nitrogens is 2. The Morgan fingerprint density at radius 1 is 1.00 bits per heavy atom. The van der Waals surface area contributed by atoms with Crippen LogP contribution < -0.4 is 9.64 Å². The van der Waals surface area contributed by atoms with Crippen LogP contribution in [-0.2, 0) is 13.0 Å². The van der Waals surface area contributed by atoms with Gasteiger partial charge in [0.05, 0.1) is 12.0 Å². The zero-order chi connectivity index (χ0) is 20.7. The number of hydrogen-bond acceptors (Lipinski definition) is 5. The summed E-state index contributed by atoms with van der Waals surface area (Å²) in [5.74, 6) is 2.79. The fourth-order valence-electron chi connectivity index (χ4n) is 4.33. The van der Waals surface area contributed by atoms with Crippen LogP contribution in [0, 0.1) is 13.8 Å². The van der Waals surface area contributed by atoms with E-state index in [0.717, 1.165) is 41.7 Å². The van der Waals surface area contributed by atoms with E-state index in [1.165, 1.54) is 32.5 Å². The molecule has 0 saturated carbocycles. The Labute approximate surface area is 181 Å². The standard InChI is InChI=1S/C25H25N3OS/c1-4-29-21-11-9-19(10-12-21)22-16(2)30-25-23(22)24(26-17(3)27-25)28-14-13-18-7-5-6-8-20(18)15-28/h5-12H,4,13-15H2,1-3H3. The minimum absolute atomic E-state index is 0.674. The lowest BCUT2D eigenvalue weighted by Crippen LogP contribution is -2.31. The van der Waals surface area contributed by atoms with Crippen LogP contribution in [-0.4, -0.2) is 23.1 Å². The Morgan fingerprint density at radius 2 is 1.77 bits per heavy atom. The molecule has 0 atom stereocenters. The van der Waals surface area contributed by atoms with Crippen molar-refractivity contribution >= 4 is 27.4 Å². The number of fused-ring (bicyclic) bond motifs is 2. The maximum atomic E-state index is 5.63. The minimum Gasteiger partial charge on any atom is -0.494 e. The summed E-state index contributed by atoms with van der Waals surface area (Å²) >= 11 is 1.76. The third-order valence-corrected chi connectivity index (χ3v) is 6.70. The number of hydrogen-bond donors (Lipinski definition) is 0. The Balaban J connectivity index is 1.64. The highest BCUT2D eigenvalue weighted by Gasteiger charge is 2.24. The molecule has 1 aliphatic rings. The number of aryl methyl sites for hydroxylation is 2. The van der Waals surface area contributed by atoms with Crippen LogP contribution in [0.2, 0.25) is 0 Å². The fraction of sp³-hybridized carbons (Fsp3) is 0.280. The largest absolute Gasteiger partial charge is 0.494 e. The first-order chi connectivity index (χ1) is 14.6. The lowest BCUT2D eigenvalue weighted by atomic mass is 9.99. The normalized spacial score (nSPS) is 13.5. The maximum Gasteiger partial charge on any atom is 0.142 e. The van der Waals surface area contributed by atoms with Crippen molar-refractivity contribution in [2.75, 3.05) is 18.1 Å². The van der Waals surface area contributed by atoms with E-state index in [1.54, 1.807) is 11.3 Å². The minimum atomic E-state index is 0.674. The predicted molar refractivity (Wildman–Crippen MR) is 125 cm³/mol. The number of ether oxygens (including phenoxy) is 1. The van der Waals surface area contributed by atoms with E-state index < -0.39 is 0 Å². The van der Waals surface area contributed by atoms with Gasteiger partial charge in [0.1, 0.15) is 22.2 Å². The highest BCUT2D eigenvalue weighted by molar-refractivity contribution is 7.19. The zero-order valence-corrected chi connectivity index (χ0v) is 18.4. The molecule has 0 amide bonds. The molecule has 1 aliphatic heterocycles. The van der Waals surface area contributed by atoms with Crippen LogP contribution in [0.5, 0.6) is 5.75 Å². The van der Waals surface area contributed by atoms with Crippen molar-refractivity contribution in [1.29, 1.82) is 0 Å². The summed E-state index contributed by atoms with van der Waals surface area (Å²) in [5, 5.41) is 1.17. The zero-order valence-electron chi connectivity index (χ0n) is 17.6. The lowest BCUT2D eigenvalue weighted by Gasteiger charge is -2.30. The Bertz CT molecular complexity index is 1210. The van der Waals surface area contributed by atoms with E-state index in [1.807, 2.05) is 26.0 Å². The molecule has 0 saturated heterocycles. The second kappa shape index (κ2) is 7.73. The summed E-state index contributed by atoms with van der Waals surface area (Å²) in [6.07, 6.45) is 1.04. The first kappa shape index (κ1) is 19.1. The van der Waals surface area contributed by atoms with Gasteiger partial charge in [0.2, 0.25) is 0 Å². The van der Waals surface area contributed by atoms with Crippen molar-refractivity contribution in [2.45, 2.75) is 33.7 Å². The van der Waals surface area contributed by atoms with Crippen molar-refractivity contribution in [2.24, 2.45) is 0 Å². The number of rotatable bonds is 4. The number of nitrogens with zero attached hydrogens (tertiary/aromatic N) is 3. The van der Waals surface area contributed by atoms with Gasteiger partial charge in [0, 0.05) is 23.5 Å². The molecule has 0 fully saturated rings. The van der Waals surface area contributed by atoms with Gasteiger partial charge in [-0.15, -0.1) is 11.3 Å². The Hall–Kier alpha value is -2.92. The van der Waals surface area contributed by atoms with Crippen LogP contribution >= 0.6 is 11.3 Å². The summed E-state index contributed by atoms with van der Waals surface area (Å²) in [7, 11) is 0. The molecule has 0 N–H and O–H groups in total. The average Bonchev–Trinajstić information content (AvgIpc) is 3.09. The molecule has 0 radical (unpaired) electrons. The summed E-state index contributed by atoms with van der Waals surface area (Å²) in [4.78, 5) is 14.5. The first-order valence-corrected chi connectivity index (χ1v) is 11.3. The molecule has 0 aliphatic carbocycles. The van der Waals surface area contributed by atoms with Gasteiger partial charge in [-0.3, -0.25) is 0 Å². The Morgan fingerprint density at radius 3 is 2.53 bits per heavy atom. The van der Waals surface area contributed by atoms with Gasteiger partial charge >= 0.3 is 0 Å². The maximum absolute atomic E-state index is 5.63. The number of anilines is 1. The average molecular weight is 416 g/mol. The molecule has 2 aromatic heterocycles. The van der Waals surface area contributed by atoms with Crippen LogP contribution in [0.4, 0.5) is 5.82 Å². The van der Waals surface area contributed by atoms with Crippen molar-refractivity contribution < 1.29 is 4.74 Å². The summed E-state index contributed by atoms with van der Waals surface area (Å²) in [6.45, 7) is 8.72. The highest BCUT2D eigenvalue weighted by atomic mass is 32.1. The van der Waals surface area contributed by atoms with Gasteiger partial charge in [-0.1, -0.05) is 36.4 Å². The molecule has 152 valence electrons. The second-order valence-electron chi connectivity index (χ2n) is 7.71. The molecule has 0 unspecified atom stereocenters. The van der Waals surface area contributed by atoms with Crippen molar-refractivity contribution in [3.8, 4) is 16.9 Å². The smallest absolute Gasteiger partial charge is 0.142 e. The third-order valence-electron chi connectivity index (χ3n) is 5.70. The van der Waals surface area contributed by atoms with Crippen molar-refractivity contribution in [3.05, 3.63) is 70.4 Å². The summed E-state index contributed by atoms with van der Waals surface area (Å²) in [5.41, 5.74) is 5.27. The third kappa shape index (κ3) is 3.33. The lowest BCUT2D eigenvalue weighted by molar-refractivity contribution is 0.340. The van der Waals surface area contributed by atoms with Gasteiger partial charge in [-0.05, 0) is 56.0 Å². The summed E-state index contributed by atoms with van der Waals surface area (Å²) in [6, 6.07) is 17.1. The molecule has 30 heavy (non-hydrogen) atoms. The molecule has 5 heteroatoms. The van der Waals surface area contributed by atoms with E-state index in [9.17, 15) is 0 Å².